The van der Waals surface area contributed by atoms with Gasteiger partial charge in [0.2, 0.25) is 0 Å². The van der Waals surface area contributed by atoms with E-state index in [1.54, 1.807) is 6.92 Å². The molecule has 1 aromatic heterocycles. The van der Waals surface area contributed by atoms with Crippen LogP contribution in [0.15, 0.2) is 36.5 Å². The monoisotopic (exact) mass is 245 g/mol. The molecule has 0 aliphatic heterocycles. The number of aliphatic hydroxyl groups is 1. The first kappa shape index (κ1) is 12.3. The van der Waals surface area contributed by atoms with E-state index in [0.29, 0.717) is 11.3 Å². The van der Waals surface area contributed by atoms with Gasteiger partial charge < -0.3 is 10.4 Å². The predicted molar refractivity (Wildman–Crippen MR) is 68.0 cm³/mol. The van der Waals surface area contributed by atoms with Gasteiger partial charge in [-0.3, -0.25) is 9.89 Å². The molecule has 0 unspecified atom stereocenters. The van der Waals surface area contributed by atoms with Gasteiger partial charge in [0.05, 0.1) is 23.6 Å². The third-order valence-corrected chi connectivity index (χ3v) is 2.50. The highest BCUT2D eigenvalue weighted by Crippen LogP contribution is 2.20. The molecule has 18 heavy (non-hydrogen) atoms. The number of nitrogens with zero attached hydrogens (tertiary/aromatic N) is 1. The molecule has 5 heteroatoms. The molecule has 2 aromatic rings. The van der Waals surface area contributed by atoms with E-state index in [1.807, 2.05) is 30.3 Å². The molecule has 0 radical (unpaired) electrons. The number of hydrogen-bond acceptors (Lipinski definition) is 3. The molecule has 5 nitrogen and oxygen atoms in total. The molecular weight excluding hydrogens is 230 g/mol. The Morgan fingerprint density at radius 2 is 2.17 bits per heavy atom. The van der Waals surface area contributed by atoms with Gasteiger partial charge in [-0.05, 0) is 6.92 Å². The second-order valence-corrected chi connectivity index (χ2v) is 4.08. The lowest BCUT2D eigenvalue weighted by Gasteiger charge is -2.07. The van der Waals surface area contributed by atoms with Crippen LogP contribution in [0.3, 0.4) is 0 Å². The quantitative estimate of drug-likeness (QED) is 0.757. The summed E-state index contributed by atoms with van der Waals surface area (Å²) < 4.78 is 0. The van der Waals surface area contributed by atoms with Gasteiger partial charge in [0.15, 0.2) is 0 Å². The van der Waals surface area contributed by atoms with Crippen molar-refractivity contribution in [2.24, 2.45) is 0 Å². The average molecular weight is 245 g/mol. The number of carbonyl (C=O) groups is 1. The molecule has 2 rings (SSSR count). The van der Waals surface area contributed by atoms with Gasteiger partial charge >= 0.3 is 0 Å². The molecule has 0 bridgehead atoms. The maximum absolute atomic E-state index is 11.9. The molecule has 0 fully saturated rings. The summed E-state index contributed by atoms with van der Waals surface area (Å²) in [5, 5.41) is 18.5. The maximum Gasteiger partial charge on any atom is 0.255 e. The van der Waals surface area contributed by atoms with Crippen LogP contribution in [0, 0.1) is 0 Å². The Hall–Kier alpha value is -2.14. The van der Waals surface area contributed by atoms with Crippen LogP contribution in [0.4, 0.5) is 0 Å². The highest BCUT2D eigenvalue weighted by Gasteiger charge is 2.14. The van der Waals surface area contributed by atoms with E-state index in [2.05, 4.69) is 15.5 Å². The standard InChI is InChI=1S/C13H15N3O2/c1-9(17)7-14-13(18)11-8-15-16-12(11)10-5-3-2-4-6-10/h2-6,8-9,17H,7H2,1H3,(H,14,18)(H,15,16)/t9-/m1/s1. The predicted octanol–water partition coefficient (Wildman–Crippen LogP) is 1.19. The summed E-state index contributed by atoms with van der Waals surface area (Å²) in [5.74, 6) is -0.247. The van der Waals surface area contributed by atoms with Crippen molar-refractivity contribution in [1.29, 1.82) is 0 Å². The Morgan fingerprint density at radius 1 is 1.44 bits per heavy atom. The van der Waals surface area contributed by atoms with Crippen LogP contribution in [-0.2, 0) is 0 Å². The van der Waals surface area contributed by atoms with Crippen molar-refractivity contribution in [2.75, 3.05) is 6.54 Å². The lowest BCUT2D eigenvalue weighted by atomic mass is 10.1. The van der Waals surface area contributed by atoms with E-state index in [9.17, 15) is 4.79 Å². The molecule has 0 saturated heterocycles. The third kappa shape index (κ3) is 2.75. The van der Waals surface area contributed by atoms with Crippen LogP contribution >= 0.6 is 0 Å². The number of H-pyrrole nitrogens is 1. The Bertz CT molecular complexity index is 520. The fourth-order valence-corrected chi connectivity index (χ4v) is 1.62. The fourth-order valence-electron chi connectivity index (χ4n) is 1.62. The summed E-state index contributed by atoms with van der Waals surface area (Å²) in [7, 11) is 0. The van der Waals surface area contributed by atoms with Gasteiger partial charge in [-0.25, -0.2) is 0 Å². The molecule has 1 heterocycles. The van der Waals surface area contributed by atoms with Crippen LogP contribution in [0.1, 0.15) is 17.3 Å². The van der Waals surface area contributed by atoms with E-state index < -0.39 is 6.10 Å². The maximum atomic E-state index is 11.9. The van der Waals surface area contributed by atoms with Gasteiger partial charge in [0, 0.05) is 12.1 Å². The SMILES string of the molecule is C[C@@H](O)CNC(=O)c1cn[nH]c1-c1ccccc1. The number of amides is 1. The first-order valence-corrected chi connectivity index (χ1v) is 5.73. The van der Waals surface area contributed by atoms with Gasteiger partial charge in [0.1, 0.15) is 0 Å². The third-order valence-electron chi connectivity index (χ3n) is 2.50. The van der Waals surface area contributed by atoms with Crippen molar-refractivity contribution in [2.45, 2.75) is 13.0 Å². The smallest absolute Gasteiger partial charge is 0.255 e. The number of nitrogens with one attached hydrogen (secondary N) is 2. The van der Waals surface area contributed by atoms with Crippen LogP contribution < -0.4 is 5.32 Å². The first-order valence-electron chi connectivity index (χ1n) is 5.73. The van der Waals surface area contributed by atoms with Gasteiger partial charge in [-0.15, -0.1) is 0 Å². The van der Waals surface area contributed by atoms with Crippen molar-refractivity contribution < 1.29 is 9.90 Å². The fraction of sp³-hybridized carbons (Fsp3) is 0.231. The molecule has 0 aliphatic rings. The zero-order valence-corrected chi connectivity index (χ0v) is 10.1. The molecule has 3 N–H and O–H groups in total. The highest BCUT2D eigenvalue weighted by molar-refractivity contribution is 5.99. The number of aromatic nitrogens is 2. The molecule has 0 spiro atoms. The second-order valence-electron chi connectivity index (χ2n) is 4.08. The molecule has 1 aromatic carbocycles. The van der Waals surface area contributed by atoms with Crippen molar-refractivity contribution in [3.63, 3.8) is 0 Å². The summed E-state index contributed by atoms with van der Waals surface area (Å²) in [5.41, 5.74) is 2.05. The van der Waals surface area contributed by atoms with E-state index in [-0.39, 0.29) is 12.5 Å². The number of benzene rings is 1. The molecule has 1 atom stereocenters. The number of rotatable bonds is 4. The summed E-state index contributed by atoms with van der Waals surface area (Å²) >= 11 is 0. The largest absolute Gasteiger partial charge is 0.392 e. The normalized spacial score (nSPS) is 12.1. The van der Waals surface area contributed by atoms with Crippen LogP contribution in [0.5, 0.6) is 0 Å². The van der Waals surface area contributed by atoms with E-state index in [0.717, 1.165) is 5.56 Å². The Labute approximate surface area is 105 Å². The van der Waals surface area contributed by atoms with E-state index in [1.165, 1.54) is 6.20 Å². The van der Waals surface area contributed by atoms with E-state index in [4.69, 9.17) is 5.11 Å². The Balaban J connectivity index is 2.20. The zero-order chi connectivity index (χ0) is 13.0. The lowest BCUT2D eigenvalue weighted by Crippen LogP contribution is -2.30. The summed E-state index contributed by atoms with van der Waals surface area (Å²) in [6.45, 7) is 1.84. The van der Waals surface area contributed by atoms with Crippen molar-refractivity contribution in [1.82, 2.24) is 15.5 Å². The molecule has 1 amide bonds. The molecular formula is C13H15N3O2. The molecule has 0 aliphatic carbocycles. The topological polar surface area (TPSA) is 78.0 Å². The Kier molecular flexibility index (Phi) is 3.74. The number of aliphatic hydroxyl groups excluding tert-OH is 1. The van der Waals surface area contributed by atoms with Crippen molar-refractivity contribution >= 4 is 5.91 Å². The van der Waals surface area contributed by atoms with Crippen molar-refractivity contribution in [3.8, 4) is 11.3 Å². The average Bonchev–Trinajstić information content (AvgIpc) is 2.86. The Morgan fingerprint density at radius 3 is 2.83 bits per heavy atom. The van der Waals surface area contributed by atoms with Gasteiger partial charge in [-0.1, -0.05) is 30.3 Å². The summed E-state index contributed by atoms with van der Waals surface area (Å²) in [6.07, 6.45) is 0.917. The minimum atomic E-state index is -0.568. The minimum Gasteiger partial charge on any atom is -0.392 e. The van der Waals surface area contributed by atoms with Crippen LogP contribution in [0.25, 0.3) is 11.3 Å². The lowest BCUT2D eigenvalue weighted by molar-refractivity contribution is 0.0924. The van der Waals surface area contributed by atoms with Crippen LogP contribution in [-0.4, -0.2) is 33.9 Å². The zero-order valence-electron chi connectivity index (χ0n) is 10.1. The number of aromatic amines is 1. The summed E-state index contributed by atoms with van der Waals surface area (Å²) in [6, 6.07) is 9.51. The number of hydrogen-bond donors (Lipinski definition) is 3. The van der Waals surface area contributed by atoms with Crippen LogP contribution in [0.2, 0.25) is 0 Å². The first-order chi connectivity index (χ1) is 8.68. The van der Waals surface area contributed by atoms with Gasteiger partial charge in [0.25, 0.3) is 5.91 Å². The molecule has 0 saturated carbocycles. The van der Waals surface area contributed by atoms with Gasteiger partial charge in [-0.2, -0.15) is 5.10 Å². The highest BCUT2D eigenvalue weighted by atomic mass is 16.3. The molecule has 94 valence electrons. The number of carbonyl (C=O) groups excluding carboxylic acids is 1. The van der Waals surface area contributed by atoms with E-state index >= 15 is 0 Å². The minimum absolute atomic E-state index is 0.220. The summed E-state index contributed by atoms with van der Waals surface area (Å²) in [4.78, 5) is 11.9. The van der Waals surface area contributed by atoms with Crippen molar-refractivity contribution in [3.05, 3.63) is 42.1 Å². The second kappa shape index (κ2) is 5.46.